The quantitative estimate of drug-likeness (QED) is 0.0322. The number of nitrogens with two attached hydrogens (primary N) is 2. The number of carbonyl (C=O) groups is 11. The molecule has 0 aliphatic carbocycles. The van der Waals surface area contributed by atoms with Crippen LogP contribution in [0.15, 0.2) is 0 Å². The van der Waals surface area contributed by atoms with Gasteiger partial charge in [-0.05, 0) is 95.6 Å². The summed E-state index contributed by atoms with van der Waals surface area (Å²) in [5.74, 6) is -7.99. The average Bonchev–Trinajstić information content (AvgIpc) is 3.93. The van der Waals surface area contributed by atoms with Crippen LogP contribution in [-0.2, 0) is 52.7 Å². The molecule has 0 bridgehead atoms. The van der Waals surface area contributed by atoms with Crippen molar-refractivity contribution in [3.05, 3.63) is 0 Å². The third-order valence-electron chi connectivity index (χ3n) is 11.1. The Hall–Kier alpha value is -5.91. The smallest absolute Gasteiger partial charge is 0.326 e. The van der Waals surface area contributed by atoms with Gasteiger partial charge in [0.2, 0.25) is 59.1 Å². The zero-order chi connectivity index (χ0) is 50.4. The molecule has 2 aliphatic rings. The fraction of sp³-hybridized carbons (Fsp3) is 0.744. The van der Waals surface area contributed by atoms with E-state index < -0.39 is 121 Å². The predicted octanol–water partition coefficient (Wildman–Crippen LogP) is -3.66. The first-order chi connectivity index (χ1) is 31.5. The molecular weight excluding hydrogens is 877 g/mol. The number of likely N-dealkylation sites (tertiary alicyclic amines) is 1. The summed E-state index contributed by atoms with van der Waals surface area (Å²) in [6, 6.07) is -7.36. The van der Waals surface area contributed by atoms with Crippen LogP contribution in [0.1, 0.15) is 106 Å². The van der Waals surface area contributed by atoms with Crippen molar-refractivity contribution in [2.45, 2.75) is 148 Å². The number of hydrogen-bond acceptors (Lipinski definition) is 13. The molecule has 2 aliphatic heterocycles. The first kappa shape index (κ1) is 57.2. The number of carboxylic acid groups (broad SMARTS) is 1. The Morgan fingerprint density at radius 2 is 1.25 bits per heavy atom. The second-order valence-electron chi connectivity index (χ2n) is 18.2. The van der Waals surface area contributed by atoms with E-state index in [9.17, 15) is 57.8 Å². The summed E-state index contributed by atoms with van der Waals surface area (Å²) >= 11 is 0. The number of aliphatic carboxylic acids is 1. The van der Waals surface area contributed by atoms with Gasteiger partial charge in [-0.25, -0.2) is 4.79 Å². The normalized spacial score (nSPS) is 18.9. The van der Waals surface area contributed by atoms with Crippen LogP contribution >= 0.6 is 0 Å². The van der Waals surface area contributed by atoms with Gasteiger partial charge in [-0.15, -0.1) is 0 Å². The van der Waals surface area contributed by atoms with Gasteiger partial charge in [-0.3, -0.25) is 47.9 Å². The standard InChI is InChI=1S/C43H74N12O12/c1-23(2)16-30(54-40(63)27(12-13-33(45)56)51-34(57)20-47-38(61)29-18-25(5)19-46-29)39(62)48-21-35(58)52-31(17-24(3)4)41(64)50-26(6)37(60)49-22-36(59)55-15-9-11-32(55)42(65)53-28(43(66)67)10-7-8-14-44/h23-32,46H,7-22,44H2,1-6H3,(H2,45,56)(H,47,61)(H,48,62)(H,49,60)(H,50,64)(H,51,57)(H,52,58)(H,53,65)(H,54,63)(H,66,67)/t25?,26-,27-,28-,29-,30-,31-,32-/m0/s1. The molecule has 0 saturated carbocycles. The molecule has 2 heterocycles. The lowest BCUT2D eigenvalue weighted by Crippen LogP contribution is -2.57. The van der Waals surface area contributed by atoms with Crippen molar-refractivity contribution >= 4 is 65.0 Å². The molecule has 2 rings (SSSR count). The molecule has 2 saturated heterocycles. The highest BCUT2D eigenvalue weighted by molar-refractivity contribution is 5.97. The van der Waals surface area contributed by atoms with Crippen LogP contribution in [0.2, 0.25) is 0 Å². The van der Waals surface area contributed by atoms with Crippen molar-refractivity contribution in [3.8, 4) is 0 Å². The minimum Gasteiger partial charge on any atom is -0.480 e. The van der Waals surface area contributed by atoms with E-state index in [1.165, 1.54) is 11.8 Å². The highest BCUT2D eigenvalue weighted by Crippen LogP contribution is 2.18. The number of unbranched alkanes of at least 4 members (excludes halogenated alkanes) is 1. The molecule has 0 spiro atoms. The maximum Gasteiger partial charge on any atom is 0.326 e. The Morgan fingerprint density at radius 3 is 1.82 bits per heavy atom. The monoisotopic (exact) mass is 951 g/mol. The number of rotatable bonds is 29. The summed E-state index contributed by atoms with van der Waals surface area (Å²) in [4.78, 5) is 142. The van der Waals surface area contributed by atoms with Crippen molar-refractivity contribution in [1.29, 1.82) is 0 Å². The maximum atomic E-state index is 13.5. The Labute approximate surface area is 391 Å². The van der Waals surface area contributed by atoms with E-state index in [1.807, 2.05) is 6.92 Å². The topological polar surface area (TPSA) is 372 Å². The van der Waals surface area contributed by atoms with Crippen molar-refractivity contribution in [2.24, 2.45) is 29.2 Å². The number of nitrogens with zero attached hydrogens (tertiary/aromatic N) is 1. The van der Waals surface area contributed by atoms with E-state index in [4.69, 9.17) is 11.5 Å². The Kier molecular flexibility index (Phi) is 24.7. The third-order valence-corrected chi connectivity index (χ3v) is 11.1. The Morgan fingerprint density at radius 1 is 0.672 bits per heavy atom. The largest absolute Gasteiger partial charge is 0.480 e. The van der Waals surface area contributed by atoms with Crippen LogP contribution < -0.4 is 59.3 Å². The summed E-state index contributed by atoms with van der Waals surface area (Å²) in [6.07, 6.45) is 2.41. The number of carbonyl (C=O) groups excluding carboxylic acids is 10. The van der Waals surface area contributed by atoms with E-state index in [0.717, 1.165) is 0 Å². The lowest BCUT2D eigenvalue weighted by Gasteiger charge is -2.26. The minimum atomic E-state index is -1.31. The van der Waals surface area contributed by atoms with Gasteiger partial charge >= 0.3 is 5.97 Å². The number of primary amides is 1. The predicted molar refractivity (Wildman–Crippen MR) is 243 cm³/mol. The fourth-order valence-corrected chi connectivity index (χ4v) is 7.57. The summed E-state index contributed by atoms with van der Waals surface area (Å²) in [7, 11) is 0. The zero-order valence-corrected chi connectivity index (χ0v) is 39.6. The van der Waals surface area contributed by atoms with E-state index >= 15 is 0 Å². The van der Waals surface area contributed by atoms with E-state index in [2.05, 4.69) is 47.9 Å². The summed E-state index contributed by atoms with van der Waals surface area (Å²) in [5.41, 5.74) is 10.8. The van der Waals surface area contributed by atoms with Crippen LogP contribution in [-0.4, -0.2) is 157 Å². The molecule has 24 heteroatoms. The first-order valence-electron chi connectivity index (χ1n) is 23.1. The molecule has 0 radical (unpaired) electrons. The van der Waals surface area contributed by atoms with Gasteiger partial charge in [-0.2, -0.15) is 0 Å². The number of nitrogens with one attached hydrogen (secondary N) is 9. The van der Waals surface area contributed by atoms with Gasteiger partial charge in [0.25, 0.3) is 0 Å². The first-order valence-corrected chi connectivity index (χ1v) is 23.1. The highest BCUT2D eigenvalue weighted by atomic mass is 16.4. The van der Waals surface area contributed by atoms with Crippen LogP contribution in [0, 0.1) is 17.8 Å². The van der Waals surface area contributed by atoms with Gasteiger partial charge in [-0.1, -0.05) is 34.6 Å². The van der Waals surface area contributed by atoms with Gasteiger partial charge < -0.3 is 69.3 Å². The number of carboxylic acids is 1. The van der Waals surface area contributed by atoms with Gasteiger partial charge in [0.05, 0.1) is 25.7 Å². The third kappa shape index (κ3) is 21.1. The van der Waals surface area contributed by atoms with Gasteiger partial charge in [0.1, 0.15) is 36.3 Å². The van der Waals surface area contributed by atoms with Crippen LogP contribution in [0.25, 0.3) is 0 Å². The SMILES string of the molecule is CC(C)C[C@H](NC(=O)CNC(=O)[C@H](CC(C)C)NC(=O)[C@H](CCC(N)=O)NC(=O)CNC(=O)[C@@H]1CC(C)CN1)C(=O)N[C@@H](C)C(=O)NCC(=O)N1CCC[C@H]1C(=O)N[C@@H](CCCCN)C(=O)O. The highest BCUT2D eigenvalue weighted by Gasteiger charge is 2.36. The second-order valence-corrected chi connectivity index (χ2v) is 18.2. The minimum absolute atomic E-state index is 0.111. The van der Waals surface area contributed by atoms with E-state index in [0.29, 0.717) is 45.2 Å². The molecule has 2 fully saturated rings. The molecule has 10 amide bonds. The van der Waals surface area contributed by atoms with Gasteiger partial charge in [0.15, 0.2) is 0 Å². The van der Waals surface area contributed by atoms with Crippen LogP contribution in [0.4, 0.5) is 0 Å². The molecule has 0 aromatic rings. The van der Waals surface area contributed by atoms with Crippen LogP contribution in [0.3, 0.4) is 0 Å². The molecular formula is C43H74N12O12. The Bertz CT molecular complexity index is 1760. The Balaban J connectivity index is 1.98. The van der Waals surface area contributed by atoms with Crippen molar-refractivity contribution in [1.82, 2.24) is 52.8 Å². The molecule has 24 nitrogen and oxygen atoms in total. The summed E-state index contributed by atoms with van der Waals surface area (Å²) in [5, 5.41) is 32.7. The van der Waals surface area contributed by atoms with E-state index in [-0.39, 0.29) is 62.3 Å². The molecule has 8 atom stereocenters. The molecule has 0 aromatic heterocycles. The molecule has 378 valence electrons. The van der Waals surface area contributed by atoms with E-state index in [1.54, 1.807) is 27.7 Å². The second kappa shape index (κ2) is 29.0. The lowest BCUT2D eigenvalue weighted by molar-refractivity contribution is -0.144. The fourth-order valence-electron chi connectivity index (χ4n) is 7.57. The number of amides is 10. The van der Waals surface area contributed by atoms with Crippen molar-refractivity contribution in [2.75, 3.05) is 39.3 Å². The van der Waals surface area contributed by atoms with Crippen molar-refractivity contribution in [3.63, 3.8) is 0 Å². The van der Waals surface area contributed by atoms with Gasteiger partial charge in [0, 0.05) is 13.0 Å². The maximum absolute atomic E-state index is 13.5. The molecule has 0 aromatic carbocycles. The van der Waals surface area contributed by atoms with Crippen LogP contribution in [0.5, 0.6) is 0 Å². The zero-order valence-electron chi connectivity index (χ0n) is 39.6. The number of hydrogen-bond donors (Lipinski definition) is 12. The molecule has 67 heavy (non-hydrogen) atoms. The van der Waals surface area contributed by atoms with Crippen molar-refractivity contribution < 1.29 is 57.8 Å². The lowest BCUT2D eigenvalue weighted by atomic mass is 10.0. The average molecular weight is 951 g/mol. The summed E-state index contributed by atoms with van der Waals surface area (Å²) < 4.78 is 0. The molecule has 14 N–H and O–H groups in total. The molecule has 1 unspecified atom stereocenters. The summed E-state index contributed by atoms with van der Waals surface area (Å²) in [6.45, 7) is 10.2.